The summed E-state index contributed by atoms with van der Waals surface area (Å²) in [6.45, 7) is 4.67. The Kier molecular flexibility index (Phi) is 4.65. The molecule has 0 aliphatic heterocycles. The van der Waals surface area contributed by atoms with Crippen LogP contribution in [0, 0.1) is 12.7 Å². The van der Waals surface area contributed by atoms with Crippen LogP contribution < -0.4 is 0 Å². The Bertz CT molecular complexity index is 573. The van der Waals surface area contributed by atoms with Gasteiger partial charge in [0.15, 0.2) is 0 Å². The highest BCUT2D eigenvalue weighted by Crippen LogP contribution is 2.26. The van der Waals surface area contributed by atoms with Gasteiger partial charge in [-0.15, -0.1) is 21.5 Å². The summed E-state index contributed by atoms with van der Waals surface area (Å²) in [5.41, 5.74) is 0.926. The van der Waals surface area contributed by atoms with E-state index in [0.29, 0.717) is 6.54 Å². The second-order valence-corrected chi connectivity index (χ2v) is 6.55. The van der Waals surface area contributed by atoms with Crippen LogP contribution in [0.15, 0.2) is 22.7 Å². The van der Waals surface area contributed by atoms with Gasteiger partial charge >= 0.3 is 0 Å². The molecule has 0 aliphatic rings. The molecule has 102 valence electrons. The van der Waals surface area contributed by atoms with Gasteiger partial charge in [0, 0.05) is 11.0 Å². The Balaban J connectivity index is 2.12. The van der Waals surface area contributed by atoms with Gasteiger partial charge in [0.1, 0.15) is 15.8 Å². The molecule has 1 heterocycles. The number of aromatic nitrogens is 2. The number of aryl methyl sites for hydroxylation is 1. The molecule has 0 fully saturated rings. The minimum absolute atomic E-state index is 0.154. The molecule has 2 aromatic rings. The van der Waals surface area contributed by atoms with Crippen molar-refractivity contribution in [1.29, 1.82) is 0 Å². The van der Waals surface area contributed by atoms with E-state index in [2.05, 4.69) is 38.0 Å². The van der Waals surface area contributed by atoms with Gasteiger partial charge in [-0.1, -0.05) is 15.9 Å². The fourth-order valence-corrected chi connectivity index (χ4v) is 2.93. The van der Waals surface area contributed by atoms with E-state index in [1.807, 2.05) is 14.0 Å². The van der Waals surface area contributed by atoms with E-state index < -0.39 is 0 Å². The molecular formula is C13H15BrFN3S. The monoisotopic (exact) mass is 343 g/mol. The third-order valence-electron chi connectivity index (χ3n) is 2.99. The molecule has 3 nitrogen and oxygen atoms in total. The number of nitrogens with zero attached hydrogens (tertiary/aromatic N) is 3. The Morgan fingerprint density at radius 2 is 2.16 bits per heavy atom. The second-order valence-electron chi connectivity index (χ2n) is 4.49. The van der Waals surface area contributed by atoms with Crippen molar-refractivity contribution in [1.82, 2.24) is 15.1 Å². The molecule has 6 heteroatoms. The van der Waals surface area contributed by atoms with Crippen LogP contribution >= 0.6 is 27.3 Å². The van der Waals surface area contributed by atoms with Crippen molar-refractivity contribution >= 4 is 27.3 Å². The summed E-state index contributed by atoms with van der Waals surface area (Å²) < 4.78 is 14.2. The highest BCUT2D eigenvalue weighted by Gasteiger charge is 2.17. The molecule has 0 saturated heterocycles. The van der Waals surface area contributed by atoms with Crippen LogP contribution in [0.4, 0.5) is 4.39 Å². The fraction of sp³-hybridized carbons (Fsp3) is 0.385. The largest absolute Gasteiger partial charge is 0.293 e. The summed E-state index contributed by atoms with van der Waals surface area (Å²) in [6.07, 6.45) is 0. The SMILES string of the molecule is Cc1nnc(C(C)N(C)Cc2cc(F)ccc2Br)s1. The van der Waals surface area contributed by atoms with E-state index in [-0.39, 0.29) is 11.9 Å². The van der Waals surface area contributed by atoms with Gasteiger partial charge in [-0.05, 0) is 44.7 Å². The highest BCUT2D eigenvalue weighted by molar-refractivity contribution is 9.10. The first kappa shape index (κ1) is 14.6. The lowest BCUT2D eigenvalue weighted by atomic mass is 10.2. The molecule has 0 bridgehead atoms. The van der Waals surface area contributed by atoms with E-state index in [1.165, 1.54) is 6.07 Å². The molecule has 1 atom stereocenters. The molecule has 0 aliphatic carbocycles. The lowest BCUT2D eigenvalue weighted by Gasteiger charge is -2.23. The molecule has 1 aromatic carbocycles. The smallest absolute Gasteiger partial charge is 0.134 e. The normalized spacial score (nSPS) is 12.9. The van der Waals surface area contributed by atoms with Gasteiger partial charge in [0.25, 0.3) is 0 Å². The maximum absolute atomic E-state index is 13.3. The maximum Gasteiger partial charge on any atom is 0.134 e. The zero-order chi connectivity index (χ0) is 14.0. The van der Waals surface area contributed by atoms with Gasteiger partial charge in [-0.3, -0.25) is 4.90 Å². The summed E-state index contributed by atoms with van der Waals surface area (Å²) in [5, 5.41) is 10.1. The van der Waals surface area contributed by atoms with Crippen LogP contribution in [-0.2, 0) is 6.54 Å². The lowest BCUT2D eigenvalue weighted by molar-refractivity contribution is 0.251. The van der Waals surface area contributed by atoms with E-state index >= 15 is 0 Å². The number of hydrogen-bond donors (Lipinski definition) is 0. The molecule has 1 unspecified atom stereocenters. The van der Waals surface area contributed by atoms with E-state index in [0.717, 1.165) is 20.1 Å². The third-order valence-corrected chi connectivity index (χ3v) is 4.77. The quantitative estimate of drug-likeness (QED) is 0.841. The summed E-state index contributed by atoms with van der Waals surface area (Å²) in [6, 6.07) is 4.89. The fourth-order valence-electron chi connectivity index (χ4n) is 1.74. The summed E-state index contributed by atoms with van der Waals surface area (Å²) >= 11 is 5.04. The molecule has 19 heavy (non-hydrogen) atoms. The lowest BCUT2D eigenvalue weighted by Crippen LogP contribution is -2.22. The van der Waals surface area contributed by atoms with Gasteiger partial charge in [-0.2, -0.15) is 0 Å². The Hall–Kier alpha value is -0.850. The summed E-state index contributed by atoms with van der Waals surface area (Å²) in [4.78, 5) is 2.12. The van der Waals surface area contributed by atoms with Gasteiger partial charge < -0.3 is 0 Å². The van der Waals surface area contributed by atoms with E-state index in [1.54, 1.807) is 23.5 Å². The first-order chi connectivity index (χ1) is 8.97. The van der Waals surface area contributed by atoms with Crippen LogP contribution in [-0.4, -0.2) is 22.1 Å². The average molecular weight is 344 g/mol. The van der Waals surface area contributed by atoms with Crippen molar-refractivity contribution in [3.05, 3.63) is 44.1 Å². The highest BCUT2D eigenvalue weighted by atomic mass is 79.9. The van der Waals surface area contributed by atoms with Crippen LogP contribution in [0.25, 0.3) is 0 Å². The standard InChI is InChI=1S/C13H15BrFN3S/c1-8(13-17-16-9(2)19-13)18(3)7-10-6-11(15)4-5-12(10)14/h4-6,8H,7H2,1-3H3. The molecular weight excluding hydrogens is 329 g/mol. The zero-order valence-corrected chi connectivity index (χ0v) is 13.4. The predicted molar refractivity (Wildman–Crippen MR) is 78.6 cm³/mol. The molecule has 0 N–H and O–H groups in total. The molecule has 2 rings (SSSR count). The van der Waals surface area contributed by atoms with E-state index in [4.69, 9.17) is 0 Å². The first-order valence-electron chi connectivity index (χ1n) is 5.91. The number of halogens is 2. The van der Waals surface area contributed by atoms with Gasteiger partial charge in [0.2, 0.25) is 0 Å². The minimum Gasteiger partial charge on any atom is -0.293 e. The van der Waals surface area contributed by atoms with Crippen molar-refractivity contribution in [2.75, 3.05) is 7.05 Å². The molecule has 0 amide bonds. The summed E-state index contributed by atoms with van der Waals surface area (Å²) in [7, 11) is 2.00. The topological polar surface area (TPSA) is 29.0 Å². The van der Waals surface area contributed by atoms with Crippen molar-refractivity contribution in [3.63, 3.8) is 0 Å². The molecule has 1 aromatic heterocycles. The van der Waals surface area contributed by atoms with Crippen molar-refractivity contribution in [2.45, 2.75) is 26.4 Å². The minimum atomic E-state index is -0.217. The van der Waals surface area contributed by atoms with Gasteiger partial charge in [0.05, 0.1) is 6.04 Å². The predicted octanol–water partition coefficient (Wildman–Crippen LogP) is 3.94. The first-order valence-corrected chi connectivity index (χ1v) is 7.52. The molecule has 0 spiro atoms. The van der Waals surface area contributed by atoms with E-state index in [9.17, 15) is 4.39 Å². The van der Waals surface area contributed by atoms with Crippen LogP contribution in [0.5, 0.6) is 0 Å². The average Bonchev–Trinajstić information content (AvgIpc) is 2.79. The Morgan fingerprint density at radius 1 is 1.42 bits per heavy atom. The number of hydrogen-bond acceptors (Lipinski definition) is 4. The molecule has 0 saturated carbocycles. The number of rotatable bonds is 4. The zero-order valence-electron chi connectivity index (χ0n) is 11.0. The van der Waals surface area contributed by atoms with Crippen molar-refractivity contribution in [2.24, 2.45) is 0 Å². The Morgan fingerprint density at radius 3 is 2.79 bits per heavy atom. The van der Waals surface area contributed by atoms with Crippen molar-refractivity contribution in [3.8, 4) is 0 Å². The Labute approximate surface area is 124 Å². The maximum atomic E-state index is 13.3. The van der Waals surface area contributed by atoms with Crippen LogP contribution in [0.1, 0.15) is 28.5 Å². The van der Waals surface area contributed by atoms with Crippen molar-refractivity contribution < 1.29 is 4.39 Å². The van der Waals surface area contributed by atoms with Crippen LogP contribution in [0.2, 0.25) is 0 Å². The third kappa shape index (κ3) is 3.58. The molecule has 0 radical (unpaired) electrons. The number of benzene rings is 1. The summed E-state index contributed by atoms with van der Waals surface area (Å²) in [5.74, 6) is -0.217. The van der Waals surface area contributed by atoms with Gasteiger partial charge in [-0.25, -0.2) is 4.39 Å². The van der Waals surface area contributed by atoms with Crippen LogP contribution in [0.3, 0.4) is 0 Å². The second kappa shape index (κ2) is 6.07.